The van der Waals surface area contributed by atoms with Crippen molar-refractivity contribution in [1.29, 1.82) is 0 Å². The first-order valence-corrected chi connectivity index (χ1v) is 4.08. The summed E-state index contributed by atoms with van der Waals surface area (Å²) < 4.78 is 0.364. The fourth-order valence-electron chi connectivity index (χ4n) is 1.01. The molecule has 48 valence electrons. The molecule has 0 heterocycles. The summed E-state index contributed by atoms with van der Waals surface area (Å²) in [5, 5.41) is 0. The second-order valence-electron chi connectivity index (χ2n) is 2.77. The zero-order valence-electron chi connectivity index (χ0n) is 5.09. The zero-order chi connectivity index (χ0) is 6.20. The van der Waals surface area contributed by atoms with Crippen molar-refractivity contribution in [2.75, 3.05) is 5.75 Å². The topological polar surface area (TPSA) is 0 Å². The van der Waals surface area contributed by atoms with Crippen LogP contribution in [0, 0.1) is 5.92 Å². The summed E-state index contributed by atoms with van der Waals surface area (Å²) in [7, 11) is 0. The first-order valence-electron chi connectivity index (χ1n) is 3.00. The average molecular weight is 148 g/mol. The molecule has 1 rings (SSSR count). The number of hydrogen-bond acceptors (Lipinski definition) is 2. The molecule has 2 unspecified atom stereocenters. The van der Waals surface area contributed by atoms with Crippen molar-refractivity contribution in [3.8, 4) is 0 Å². The summed E-state index contributed by atoms with van der Waals surface area (Å²) in [6, 6.07) is 0. The fraction of sp³-hybridized carbons (Fsp3) is 1.00. The molecule has 0 aromatic carbocycles. The number of hydrogen-bond donors (Lipinski definition) is 2. The predicted octanol–water partition coefficient (Wildman–Crippen LogP) is 2.01. The Kier molecular flexibility index (Phi) is 1.83. The molecule has 0 spiro atoms. The number of rotatable bonds is 2. The van der Waals surface area contributed by atoms with Crippen LogP contribution in [-0.4, -0.2) is 10.5 Å². The molecular weight excluding hydrogens is 136 g/mol. The Morgan fingerprint density at radius 3 is 2.38 bits per heavy atom. The molecule has 0 aromatic rings. The van der Waals surface area contributed by atoms with Gasteiger partial charge < -0.3 is 0 Å². The van der Waals surface area contributed by atoms with Crippen LogP contribution >= 0.6 is 25.3 Å². The van der Waals surface area contributed by atoms with Gasteiger partial charge in [-0.15, -0.1) is 0 Å². The molecule has 1 saturated carbocycles. The number of thiol groups is 2. The quantitative estimate of drug-likeness (QED) is 0.550. The summed E-state index contributed by atoms with van der Waals surface area (Å²) in [5.41, 5.74) is 0. The third-order valence-electron chi connectivity index (χ3n) is 1.86. The van der Waals surface area contributed by atoms with Crippen LogP contribution < -0.4 is 0 Å². The van der Waals surface area contributed by atoms with Gasteiger partial charge in [0.15, 0.2) is 0 Å². The SMILES string of the molecule is CC1(S)CC1CCS. The van der Waals surface area contributed by atoms with Gasteiger partial charge in [-0.25, -0.2) is 0 Å². The van der Waals surface area contributed by atoms with Gasteiger partial charge in [0.2, 0.25) is 0 Å². The lowest BCUT2D eigenvalue weighted by atomic mass is 10.3. The van der Waals surface area contributed by atoms with Crippen molar-refractivity contribution >= 4 is 25.3 Å². The van der Waals surface area contributed by atoms with Crippen molar-refractivity contribution in [2.45, 2.75) is 24.5 Å². The molecule has 1 fully saturated rings. The molecule has 0 nitrogen and oxygen atoms in total. The Labute approximate surface area is 61.9 Å². The van der Waals surface area contributed by atoms with Gasteiger partial charge in [0.25, 0.3) is 0 Å². The Balaban J connectivity index is 2.17. The van der Waals surface area contributed by atoms with Gasteiger partial charge in [-0.05, 0) is 24.5 Å². The monoisotopic (exact) mass is 148 g/mol. The van der Waals surface area contributed by atoms with E-state index in [1.54, 1.807) is 0 Å². The van der Waals surface area contributed by atoms with E-state index in [0.29, 0.717) is 4.75 Å². The summed E-state index contributed by atoms with van der Waals surface area (Å²) in [5.74, 6) is 1.87. The molecule has 1 aliphatic rings. The largest absolute Gasteiger partial charge is 0.179 e. The summed E-state index contributed by atoms with van der Waals surface area (Å²) >= 11 is 8.57. The Morgan fingerprint density at radius 1 is 1.75 bits per heavy atom. The molecule has 2 atom stereocenters. The predicted molar refractivity (Wildman–Crippen MR) is 44.0 cm³/mol. The first-order chi connectivity index (χ1) is 3.67. The van der Waals surface area contributed by atoms with Gasteiger partial charge in [-0.3, -0.25) is 0 Å². The van der Waals surface area contributed by atoms with Gasteiger partial charge in [0.1, 0.15) is 0 Å². The minimum Gasteiger partial charge on any atom is -0.179 e. The van der Waals surface area contributed by atoms with Crippen LogP contribution in [0.5, 0.6) is 0 Å². The maximum atomic E-state index is 4.43. The highest BCUT2D eigenvalue weighted by Crippen LogP contribution is 2.50. The van der Waals surface area contributed by atoms with Crippen LogP contribution in [-0.2, 0) is 0 Å². The molecule has 0 aromatic heterocycles. The van der Waals surface area contributed by atoms with Gasteiger partial charge in [0, 0.05) is 4.75 Å². The van der Waals surface area contributed by atoms with E-state index in [9.17, 15) is 0 Å². The molecule has 0 bridgehead atoms. The van der Waals surface area contributed by atoms with Crippen LogP contribution in [0.25, 0.3) is 0 Å². The Bertz CT molecular complexity index is 88.5. The molecule has 0 N–H and O–H groups in total. The lowest BCUT2D eigenvalue weighted by molar-refractivity contribution is 0.760. The standard InChI is InChI=1S/C6H12S2/c1-6(8)4-5(6)2-3-7/h5,7-8H,2-4H2,1H3. The van der Waals surface area contributed by atoms with Crippen molar-refractivity contribution in [2.24, 2.45) is 5.92 Å². The van der Waals surface area contributed by atoms with Gasteiger partial charge in [-0.2, -0.15) is 25.3 Å². The summed E-state index contributed by atoms with van der Waals surface area (Å²) in [6.07, 6.45) is 2.53. The zero-order valence-corrected chi connectivity index (χ0v) is 6.88. The van der Waals surface area contributed by atoms with Gasteiger partial charge in [-0.1, -0.05) is 6.92 Å². The lowest BCUT2D eigenvalue weighted by Crippen LogP contribution is -1.93. The normalized spacial score (nSPS) is 44.6. The highest BCUT2D eigenvalue weighted by atomic mass is 32.1. The molecular formula is C6H12S2. The van der Waals surface area contributed by atoms with Crippen molar-refractivity contribution in [3.05, 3.63) is 0 Å². The molecule has 1 aliphatic carbocycles. The third-order valence-corrected chi connectivity index (χ3v) is 2.66. The van der Waals surface area contributed by atoms with Crippen LogP contribution in [0.15, 0.2) is 0 Å². The molecule has 0 aliphatic heterocycles. The molecule has 8 heavy (non-hydrogen) atoms. The second-order valence-corrected chi connectivity index (χ2v) is 4.24. The highest BCUT2D eigenvalue weighted by molar-refractivity contribution is 7.82. The van der Waals surface area contributed by atoms with Crippen LogP contribution in [0.1, 0.15) is 19.8 Å². The summed E-state index contributed by atoms with van der Waals surface area (Å²) in [4.78, 5) is 0. The van der Waals surface area contributed by atoms with E-state index >= 15 is 0 Å². The van der Waals surface area contributed by atoms with E-state index in [4.69, 9.17) is 0 Å². The van der Waals surface area contributed by atoms with Crippen molar-refractivity contribution in [1.82, 2.24) is 0 Å². The van der Waals surface area contributed by atoms with Gasteiger partial charge in [0.05, 0.1) is 0 Å². The molecule has 0 amide bonds. The van der Waals surface area contributed by atoms with E-state index in [2.05, 4.69) is 32.2 Å². The second kappa shape index (κ2) is 2.14. The van der Waals surface area contributed by atoms with Crippen LogP contribution in [0.4, 0.5) is 0 Å². The smallest absolute Gasteiger partial charge is 0.0133 e. The molecule has 0 saturated heterocycles. The maximum absolute atomic E-state index is 4.43. The van der Waals surface area contributed by atoms with Crippen LogP contribution in [0.3, 0.4) is 0 Å². The van der Waals surface area contributed by atoms with Crippen LogP contribution in [0.2, 0.25) is 0 Å². The average Bonchev–Trinajstić information content (AvgIpc) is 2.15. The summed E-state index contributed by atoms with van der Waals surface area (Å²) in [6.45, 7) is 2.20. The van der Waals surface area contributed by atoms with E-state index in [1.807, 2.05) is 0 Å². The van der Waals surface area contributed by atoms with E-state index in [0.717, 1.165) is 11.7 Å². The maximum Gasteiger partial charge on any atom is 0.0133 e. The minimum absolute atomic E-state index is 0.364. The Hall–Kier alpha value is 0.700. The van der Waals surface area contributed by atoms with Gasteiger partial charge >= 0.3 is 0 Å². The van der Waals surface area contributed by atoms with E-state index in [-0.39, 0.29) is 0 Å². The Morgan fingerprint density at radius 2 is 2.25 bits per heavy atom. The first kappa shape index (κ1) is 6.81. The van der Waals surface area contributed by atoms with E-state index in [1.165, 1.54) is 12.8 Å². The van der Waals surface area contributed by atoms with Crippen molar-refractivity contribution in [3.63, 3.8) is 0 Å². The minimum atomic E-state index is 0.364. The molecule has 2 heteroatoms. The lowest BCUT2D eigenvalue weighted by Gasteiger charge is -1.97. The fourth-order valence-corrected chi connectivity index (χ4v) is 1.67. The highest BCUT2D eigenvalue weighted by Gasteiger charge is 2.45. The third kappa shape index (κ3) is 1.35. The van der Waals surface area contributed by atoms with E-state index < -0.39 is 0 Å². The molecule has 0 radical (unpaired) electrons. The van der Waals surface area contributed by atoms with Crippen molar-refractivity contribution < 1.29 is 0 Å².